The number of halogens is 1. The summed E-state index contributed by atoms with van der Waals surface area (Å²) >= 11 is 1.62. The lowest BCUT2D eigenvalue weighted by molar-refractivity contribution is 0.0932. The van der Waals surface area contributed by atoms with E-state index in [1.165, 1.54) is 12.1 Å². The molecule has 0 radical (unpaired) electrons. The van der Waals surface area contributed by atoms with E-state index in [9.17, 15) is 9.18 Å². The van der Waals surface area contributed by atoms with E-state index in [-0.39, 0.29) is 11.7 Å². The third kappa shape index (κ3) is 5.81. The highest BCUT2D eigenvalue weighted by atomic mass is 32.2. The molecule has 0 aliphatic rings. The van der Waals surface area contributed by atoms with Crippen LogP contribution in [-0.2, 0) is 6.54 Å². The van der Waals surface area contributed by atoms with Gasteiger partial charge in [-0.1, -0.05) is 79.0 Å². The van der Waals surface area contributed by atoms with Crippen molar-refractivity contribution in [3.63, 3.8) is 0 Å². The third-order valence-electron chi connectivity index (χ3n) is 5.40. The molecule has 4 aromatic carbocycles. The second-order valence-corrected chi connectivity index (χ2v) is 8.94. The number of hydrogen-bond donors (Lipinski definition) is 2. The first-order chi connectivity index (χ1) is 16.5. The molecule has 0 atom stereocenters. The van der Waals surface area contributed by atoms with Crippen LogP contribution in [0.5, 0.6) is 0 Å². The van der Waals surface area contributed by atoms with Crippen LogP contribution in [0.3, 0.4) is 0 Å². The molecule has 34 heavy (non-hydrogen) atoms. The quantitative estimate of drug-likeness (QED) is 0.280. The fourth-order valence-corrected chi connectivity index (χ4v) is 4.57. The molecule has 170 valence electrons. The summed E-state index contributed by atoms with van der Waals surface area (Å²) in [5.74, 6) is -0.449. The lowest BCUT2D eigenvalue weighted by atomic mass is 10.00. The minimum atomic E-state index is -0.269. The van der Waals surface area contributed by atoms with Crippen molar-refractivity contribution in [2.45, 2.75) is 23.3 Å². The molecule has 2 N–H and O–H groups in total. The lowest BCUT2D eigenvalue weighted by Crippen LogP contribution is -2.36. The first kappa shape index (κ1) is 23.5. The number of carbonyl (C=O) groups excluding carboxylic acids is 1. The zero-order valence-corrected chi connectivity index (χ0v) is 19.7. The molecular weight excluding hydrogens is 443 g/mol. The Kier molecular flexibility index (Phi) is 7.58. The number of hydrazine groups is 1. The second kappa shape index (κ2) is 11.0. The molecule has 0 spiro atoms. The van der Waals surface area contributed by atoms with Gasteiger partial charge in [0.1, 0.15) is 5.82 Å². The van der Waals surface area contributed by atoms with Gasteiger partial charge < -0.3 is 0 Å². The van der Waals surface area contributed by atoms with Crippen LogP contribution >= 0.6 is 11.8 Å². The molecule has 0 saturated heterocycles. The van der Waals surface area contributed by atoms with Gasteiger partial charge in [0.15, 0.2) is 0 Å². The van der Waals surface area contributed by atoms with Crippen LogP contribution < -0.4 is 10.9 Å². The summed E-state index contributed by atoms with van der Waals surface area (Å²) in [6.07, 6.45) is 0. The van der Waals surface area contributed by atoms with Crippen LogP contribution in [0.2, 0.25) is 0 Å². The van der Waals surface area contributed by atoms with E-state index in [1.54, 1.807) is 23.9 Å². The molecular formula is C29H25FN2OS. The van der Waals surface area contributed by atoms with Crippen molar-refractivity contribution < 1.29 is 9.18 Å². The van der Waals surface area contributed by atoms with E-state index < -0.39 is 0 Å². The molecule has 4 aromatic rings. The maximum atomic E-state index is 13.3. The molecule has 0 bridgehead atoms. The highest BCUT2D eigenvalue weighted by Gasteiger charge is 2.12. The summed E-state index contributed by atoms with van der Waals surface area (Å²) in [6, 6.07) is 29.9. The topological polar surface area (TPSA) is 41.1 Å². The van der Waals surface area contributed by atoms with Gasteiger partial charge in [0.05, 0.1) is 0 Å². The average molecular weight is 469 g/mol. The SMILES string of the molecule is C=C(c1ccc(F)cc1)c1ccccc1Sc1ccc(C(=O)NNCc2ccccc2)cc1C. The van der Waals surface area contributed by atoms with E-state index in [0.717, 1.165) is 37.6 Å². The fraction of sp³-hybridized carbons (Fsp3) is 0.0690. The van der Waals surface area contributed by atoms with Crippen molar-refractivity contribution in [1.29, 1.82) is 0 Å². The summed E-state index contributed by atoms with van der Waals surface area (Å²) in [5.41, 5.74) is 11.1. The normalized spacial score (nSPS) is 10.6. The van der Waals surface area contributed by atoms with Crippen molar-refractivity contribution in [3.8, 4) is 0 Å². The average Bonchev–Trinajstić information content (AvgIpc) is 2.86. The zero-order chi connectivity index (χ0) is 23.9. The van der Waals surface area contributed by atoms with E-state index in [4.69, 9.17) is 0 Å². The van der Waals surface area contributed by atoms with E-state index >= 15 is 0 Å². The summed E-state index contributed by atoms with van der Waals surface area (Å²) in [5, 5.41) is 0. The van der Waals surface area contributed by atoms with Gasteiger partial charge in [0, 0.05) is 21.9 Å². The maximum Gasteiger partial charge on any atom is 0.265 e. The Balaban J connectivity index is 1.45. The minimum absolute atomic E-state index is 0.180. The first-order valence-corrected chi connectivity index (χ1v) is 11.7. The largest absolute Gasteiger partial charge is 0.287 e. The lowest BCUT2D eigenvalue weighted by Gasteiger charge is -2.14. The van der Waals surface area contributed by atoms with Gasteiger partial charge in [-0.2, -0.15) is 0 Å². The molecule has 0 heterocycles. The molecule has 0 unspecified atom stereocenters. The van der Waals surface area contributed by atoms with Gasteiger partial charge in [-0.3, -0.25) is 10.2 Å². The van der Waals surface area contributed by atoms with Crippen LogP contribution in [0.4, 0.5) is 4.39 Å². The molecule has 4 rings (SSSR count). The molecule has 1 amide bonds. The van der Waals surface area contributed by atoms with Crippen LogP contribution in [0.15, 0.2) is 113 Å². The third-order valence-corrected chi connectivity index (χ3v) is 6.65. The summed E-state index contributed by atoms with van der Waals surface area (Å²) in [7, 11) is 0. The number of aryl methyl sites for hydroxylation is 1. The van der Waals surface area contributed by atoms with Crippen molar-refractivity contribution in [2.24, 2.45) is 0 Å². The Bertz CT molecular complexity index is 1300. The number of carbonyl (C=O) groups is 1. The van der Waals surface area contributed by atoms with E-state index in [0.29, 0.717) is 12.1 Å². The smallest absolute Gasteiger partial charge is 0.265 e. The van der Waals surface area contributed by atoms with Gasteiger partial charge >= 0.3 is 0 Å². The van der Waals surface area contributed by atoms with Gasteiger partial charge in [0.2, 0.25) is 0 Å². The maximum absolute atomic E-state index is 13.3. The molecule has 0 aliphatic carbocycles. The van der Waals surface area contributed by atoms with Gasteiger partial charge in [-0.15, -0.1) is 0 Å². The Morgan fingerprint density at radius 2 is 1.53 bits per heavy atom. The molecule has 3 nitrogen and oxygen atoms in total. The van der Waals surface area contributed by atoms with Crippen molar-refractivity contribution in [1.82, 2.24) is 10.9 Å². The molecule has 0 fully saturated rings. The van der Waals surface area contributed by atoms with Crippen molar-refractivity contribution in [2.75, 3.05) is 0 Å². The Morgan fingerprint density at radius 1 is 0.853 bits per heavy atom. The number of rotatable bonds is 8. The number of amides is 1. The van der Waals surface area contributed by atoms with E-state index in [1.807, 2.05) is 79.7 Å². The number of benzene rings is 4. The van der Waals surface area contributed by atoms with Gasteiger partial charge in [-0.05, 0) is 71.1 Å². The van der Waals surface area contributed by atoms with Crippen LogP contribution in [0.25, 0.3) is 5.57 Å². The number of nitrogens with one attached hydrogen (secondary N) is 2. The summed E-state index contributed by atoms with van der Waals surface area (Å²) < 4.78 is 13.3. The minimum Gasteiger partial charge on any atom is -0.287 e. The van der Waals surface area contributed by atoms with Crippen molar-refractivity contribution in [3.05, 3.63) is 137 Å². The highest BCUT2D eigenvalue weighted by molar-refractivity contribution is 7.99. The Hall–Kier alpha value is -3.67. The van der Waals surface area contributed by atoms with Gasteiger partial charge in [0.25, 0.3) is 5.91 Å². The predicted octanol–water partition coefficient (Wildman–Crippen LogP) is 6.78. The second-order valence-electron chi connectivity index (χ2n) is 7.86. The van der Waals surface area contributed by atoms with Crippen LogP contribution in [-0.4, -0.2) is 5.91 Å². The molecule has 5 heteroatoms. The van der Waals surface area contributed by atoms with Crippen LogP contribution in [0, 0.1) is 12.7 Å². The molecule has 0 saturated carbocycles. The van der Waals surface area contributed by atoms with Crippen LogP contribution in [0.1, 0.15) is 32.6 Å². The van der Waals surface area contributed by atoms with Gasteiger partial charge in [-0.25, -0.2) is 9.82 Å². The van der Waals surface area contributed by atoms with Crippen molar-refractivity contribution >= 4 is 23.2 Å². The summed E-state index contributed by atoms with van der Waals surface area (Å²) in [6.45, 7) is 6.79. The monoisotopic (exact) mass is 468 g/mol. The zero-order valence-electron chi connectivity index (χ0n) is 18.8. The Labute approximate surface area is 203 Å². The Morgan fingerprint density at radius 3 is 2.26 bits per heavy atom. The fourth-order valence-electron chi connectivity index (χ4n) is 3.53. The molecule has 0 aromatic heterocycles. The first-order valence-electron chi connectivity index (χ1n) is 10.9. The van der Waals surface area contributed by atoms with E-state index in [2.05, 4.69) is 17.4 Å². The molecule has 0 aliphatic heterocycles. The standard InChI is InChI=1S/C29H25FN2OS/c1-20-18-24(29(33)32-31-19-22-8-4-3-5-9-22)14-17-27(20)34-28-11-7-6-10-26(28)21(2)23-12-15-25(30)16-13-23/h3-18,31H,2,19H2,1H3,(H,32,33). The highest BCUT2D eigenvalue weighted by Crippen LogP contribution is 2.37. The predicted molar refractivity (Wildman–Crippen MR) is 137 cm³/mol. The summed E-state index contributed by atoms with van der Waals surface area (Å²) in [4.78, 5) is 14.7. The number of hydrogen-bond acceptors (Lipinski definition) is 3.